The van der Waals surface area contributed by atoms with E-state index >= 15 is 0 Å². The van der Waals surface area contributed by atoms with E-state index in [1.807, 2.05) is 0 Å². The number of hydrogen-bond donors (Lipinski definition) is 0. The first-order valence-corrected chi connectivity index (χ1v) is 13.9. The molecule has 0 heterocycles. The number of rotatable bonds is 10. The van der Waals surface area contributed by atoms with Crippen molar-refractivity contribution in [2.24, 2.45) is 0 Å². The quantitative estimate of drug-likeness (QED) is 0.289. The minimum atomic E-state index is -0.439. The van der Waals surface area contributed by atoms with Crippen LogP contribution in [0, 0.1) is 0 Å². The van der Waals surface area contributed by atoms with Gasteiger partial charge in [-0.15, -0.1) is 0 Å². The van der Waals surface area contributed by atoms with Gasteiger partial charge in [0, 0.05) is 0 Å². The van der Waals surface area contributed by atoms with Crippen molar-refractivity contribution in [1.29, 1.82) is 0 Å². The summed E-state index contributed by atoms with van der Waals surface area (Å²) in [6, 6.07) is 0. The number of fused-ring (bicyclic) bond motifs is 2. The van der Waals surface area contributed by atoms with Gasteiger partial charge in [-0.2, -0.15) is 0 Å². The van der Waals surface area contributed by atoms with E-state index in [1.54, 1.807) is 0 Å². The summed E-state index contributed by atoms with van der Waals surface area (Å²) in [6.07, 6.45) is 8.95. The zero-order valence-electron chi connectivity index (χ0n) is 23.7. The lowest BCUT2D eigenvalue weighted by Crippen LogP contribution is -2.25. The van der Waals surface area contributed by atoms with Crippen LogP contribution >= 0.6 is 0 Å². The van der Waals surface area contributed by atoms with Crippen LogP contribution in [-0.4, -0.2) is 26.2 Å². The first-order valence-electron chi connectivity index (χ1n) is 13.9. The molecule has 0 amide bonds. The van der Waals surface area contributed by atoms with Crippen LogP contribution < -0.4 is 0 Å². The third-order valence-corrected chi connectivity index (χ3v) is 8.03. The number of benzene rings is 2. The first-order chi connectivity index (χ1) is 17.4. The second-order valence-electron chi connectivity index (χ2n) is 9.79. The summed E-state index contributed by atoms with van der Waals surface area (Å²) >= 11 is 0. The zero-order chi connectivity index (χ0) is 26.6. The second-order valence-corrected chi connectivity index (χ2v) is 9.79. The first kappa shape index (κ1) is 28.0. The maximum absolute atomic E-state index is 13.2. The van der Waals surface area contributed by atoms with Gasteiger partial charge in [0.25, 0.3) is 0 Å². The molecule has 0 radical (unpaired) electrons. The van der Waals surface area contributed by atoms with Crippen molar-refractivity contribution >= 4 is 11.9 Å². The van der Waals surface area contributed by atoms with Crippen LogP contribution in [0.4, 0.5) is 0 Å². The average molecular weight is 493 g/mol. The molecule has 0 N–H and O–H groups in total. The molecule has 0 aromatic heterocycles. The molecule has 0 bridgehead atoms. The molecule has 0 atom stereocenters. The van der Waals surface area contributed by atoms with Gasteiger partial charge in [0.1, 0.15) is 0 Å². The van der Waals surface area contributed by atoms with E-state index in [2.05, 4.69) is 41.5 Å². The predicted molar refractivity (Wildman–Crippen MR) is 147 cm³/mol. The summed E-state index contributed by atoms with van der Waals surface area (Å²) in [4.78, 5) is 26.4. The van der Waals surface area contributed by atoms with Gasteiger partial charge >= 0.3 is 11.9 Å². The zero-order valence-corrected chi connectivity index (χ0v) is 23.7. The number of carbonyl (C=O) groups excluding carboxylic acids is 2. The van der Waals surface area contributed by atoms with Crippen LogP contribution in [0.25, 0.3) is 0 Å². The van der Waals surface area contributed by atoms with Crippen molar-refractivity contribution in [2.45, 2.75) is 106 Å². The van der Waals surface area contributed by atoms with E-state index in [0.717, 1.165) is 75.3 Å². The van der Waals surface area contributed by atoms with Crippen LogP contribution in [0.2, 0.25) is 0 Å². The molecule has 0 unspecified atom stereocenters. The lowest BCUT2D eigenvalue weighted by Gasteiger charge is -2.33. The largest absolute Gasteiger partial charge is 0.465 e. The second kappa shape index (κ2) is 12.1. The standard InChI is InChI=1S/C32H44O4/c1-9-15-23-27-17-25-21(13-5)19(11-3)20(12-4)22(14-6)26(25)18-28(27)24(16-10-2)30(32(34)36-8)29(23)31(33)35-7/h9-18H2,1-8H3. The van der Waals surface area contributed by atoms with Crippen molar-refractivity contribution in [3.8, 4) is 0 Å². The summed E-state index contributed by atoms with van der Waals surface area (Å²) in [5.41, 5.74) is 14.2. The molecule has 1 aliphatic carbocycles. The van der Waals surface area contributed by atoms with Crippen molar-refractivity contribution < 1.29 is 19.1 Å². The Balaban J connectivity index is 2.51. The fraction of sp³-hybridized carbons (Fsp3) is 0.562. The minimum Gasteiger partial charge on any atom is -0.465 e. The number of methoxy groups -OCH3 is 2. The molecule has 2 aromatic rings. The van der Waals surface area contributed by atoms with Gasteiger partial charge in [-0.3, -0.25) is 0 Å². The Kier molecular flexibility index (Phi) is 9.38. The predicted octanol–water partition coefficient (Wildman–Crippen LogP) is 6.91. The number of ether oxygens (including phenoxy) is 2. The van der Waals surface area contributed by atoms with E-state index in [1.165, 1.54) is 58.7 Å². The maximum Gasteiger partial charge on any atom is 0.339 e. The molecular weight excluding hydrogens is 448 g/mol. The summed E-state index contributed by atoms with van der Waals surface area (Å²) in [5, 5.41) is 0. The fourth-order valence-corrected chi connectivity index (χ4v) is 6.68. The van der Waals surface area contributed by atoms with Crippen LogP contribution in [0.3, 0.4) is 0 Å². The lowest BCUT2D eigenvalue weighted by molar-refractivity contribution is 0.0552. The summed E-state index contributed by atoms with van der Waals surface area (Å²) in [5.74, 6) is -0.879. The third-order valence-electron chi connectivity index (χ3n) is 8.03. The minimum absolute atomic E-state index is 0.423. The van der Waals surface area contributed by atoms with Crippen molar-refractivity contribution in [1.82, 2.24) is 0 Å². The summed E-state index contributed by atoms with van der Waals surface area (Å²) in [7, 11) is 2.80. The van der Waals surface area contributed by atoms with Gasteiger partial charge in [0.2, 0.25) is 0 Å². The Morgan fingerprint density at radius 2 is 0.833 bits per heavy atom. The molecule has 0 fully saturated rings. The summed E-state index contributed by atoms with van der Waals surface area (Å²) < 4.78 is 10.5. The Morgan fingerprint density at radius 1 is 0.528 bits per heavy atom. The fourth-order valence-electron chi connectivity index (χ4n) is 6.68. The van der Waals surface area contributed by atoms with Crippen molar-refractivity contribution in [2.75, 3.05) is 14.2 Å². The maximum atomic E-state index is 13.2. The number of esters is 2. The van der Waals surface area contributed by atoms with E-state index in [0.29, 0.717) is 11.1 Å². The normalized spacial score (nSPS) is 12.2. The highest BCUT2D eigenvalue weighted by molar-refractivity contribution is 6.06. The van der Waals surface area contributed by atoms with Gasteiger partial charge in [0.05, 0.1) is 25.3 Å². The van der Waals surface area contributed by atoms with Gasteiger partial charge in [-0.1, -0.05) is 54.4 Å². The number of carbonyl (C=O) groups is 2. The van der Waals surface area contributed by atoms with Gasteiger partial charge in [0.15, 0.2) is 0 Å². The Morgan fingerprint density at radius 3 is 1.08 bits per heavy atom. The molecule has 0 spiro atoms. The van der Waals surface area contributed by atoms with Gasteiger partial charge in [-0.25, -0.2) is 9.59 Å². The monoisotopic (exact) mass is 492 g/mol. The third kappa shape index (κ3) is 4.60. The average Bonchev–Trinajstić information content (AvgIpc) is 2.90. The summed E-state index contributed by atoms with van der Waals surface area (Å²) in [6.45, 7) is 13.3. The Hall–Kier alpha value is -2.62. The van der Waals surface area contributed by atoms with E-state index in [9.17, 15) is 9.59 Å². The molecule has 0 aliphatic heterocycles. The Labute approximate surface area is 217 Å². The highest BCUT2D eigenvalue weighted by Crippen LogP contribution is 2.42. The van der Waals surface area contributed by atoms with E-state index in [-0.39, 0.29) is 0 Å². The highest BCUT2D eigenvalue weighted by Gasteiger charge is 2.35. The molecule has 4 heteroatoms. The van der Waals surface area contributed by atoms with Gasteiger partial charge in [-0.05, 0) is 107 Å². The SMILES string of the molecule is CCCc1c2c(c(CCC)c(C(=O)OC)c1C(=O)OC)Cc1c(CC)c(CC)c(CC)c(CC)c1C2. The molecule has 4 nitrogen and oxygen atoms in total. The van der Waals surface area contributed by atoms with Crippen molar-refractivity contribution in [3.63, 3.8) is 0 Å². The van der Waals surface area contributed by atoms with E-state index in [4.69, 9.17) is 9.47 Å². The molecule has 36 heavy (non-hydrogen) atoms. The molecule has 0 saturated heterocycles. The highest BCUT2D eigenvalue weighted by atomic mass is 16.5. The molecule has 2 aromatic carbocycles. The van der Waals surface area contributed by atoms with E-state index < -0.39 is 11.9 Å². The smallest absolute Gasteiger partial charge is 0.339 e. The van der Waals surface area contributed by atoms with Crippen LogP contribution in [0.1, 0.15) is 131 Å². The molecular formula is C32H44O4. The molecule has 3 rings (SSSR count). The topological polar surface area (TPSA) is 52.6 Å². The van der Waals surface area contributed by atoms with Crippen LogP contribution in [0.15, 0.2) is 0 Å². The Bertz CT molecular complexity index is 1070. The lowest BCUT2D eigenvalue weighted by atomic mass is 9.71. The number of hydrogen-bond acceptors (Lipinski definition) is 4. The van der Waals surface area contributed by atoms with Crippen LogP contribution in [0.5, 0.6) is 0 Å². The van der Waals surface area contributed by atoms with Gasteiger partial charge < -0.3 is 9.47 Å². The van der Waals surface area contributed by atoms with Crippen LogP contribution in [-0.2, 0) is 60.8 Å². The van der Waals surface area contributed by atoms with Crippen molar-refractivity contribution in [3.05, 3.63) is 66.8 Å². The molecule has 0 saturated carbocycles. The molecule has 196 valence electrons. The molecule has 1 aliphatic rings.